The van der Waals surface area contributed by atoms with E-state index in [1.165, 1.54) is 17.0 Å². The highest BCUT2D eigenvalue weighted by atomic mass is 35.5. The number of carbonyl (C=O) groups excluding carboxylic acids is 2. The SMILES string of the molecule is CCCN(Cc1ccc(F)cc1)c1ccc(NC(=O)[C@H]2CCCCN2C(=O)OC(C)(C)C)cc1Cl. The van der Waals surface area contributed by atoms with Gasteiger partial charge >= 0.3 is 6.09 Å². The molecule has 6 nitrogen and oxygen atoms in total. The van der Waals surface area contributed by atoms with E-state index >= 15 is 0 Å². The van der Waals surface area contributed by atoms with E-state index < -0.39 is 17.7 Å². The number of anilines is 2. The van der Waals surface area contributed by atoms with Crippen LogP contribution in [0.25, 0.3) is 0 Å². The maximum Gasteiger partial charge on any atom is 0.410 e. The Bertz CT molecular complexity index is 1020. The van der Waals surface area contributed by atoms with Gasteiger partial charge in [-0.15, -0.1) is 0 Å². The fraction of sp³-hybridized carbons (Fsp3) is 0.481. The highest BCUT2D eigenvalue weighted by Crippen LogP contribution is 2.31. The number of halogens is 2. The van der Waals surface area contributed by atoms with Crippen LogP contribution in [0.2, 0.25) is 5.02 Å². The Morgan fingerprint density at radius 2 is 1.89 bits per heavy atom. The Labute approximate surface area is 212 Å². The van der Waals surface area contributed by atoms with Crippen LogP contribution in [0.15, 0.2) is 42.5 Å². The van der Waals surface area contributed by atoms with Gasteiger partial charge in [0.05, 0.1) is 10.7 Å². The average molecular weight is 504 g/mol. The maximum absolute atomic E-state index is 13.3. The summed E-state index contributed by atoms with van der Waals surface area (Å²) in [5.74, 6) is -0.520. The average Bonchev–Trinajstić information content (AvgIpc) is 2.79. The summed E-state index contributed by atoms with van der Waals surface area (Å²) in [6, 6.07) is 11.3. The zero-order valence-corrected chi connectivity index (χ0v) is 21.7. The van der Waals surface area contributed by atoms with Crippen molar-refractivity contribution in [1.82, 2.24) is 4.90 Å². The number of ether oxygens (including phenoxy) is 1. The van der Waals surface area contributed by atoms with Gasteiger partial charge in [0.15, 0.2) is 0 Å². The van der Waals surface area contributed by atoms with E-state index in [1.54, 1.807) is 18.2 Å². The van der Waals surface area contributed by atoms with Crippen LogP contribution < -0.4 is 10.2 Å². The van der Waals surface area contributed by atoms with Gasteiger partial charge in [-0.2, -0.15) is 0 Å². The summed E-state index contributed by atoms with van der Waals surface area (Å²) in [5, 5.41) is 3.43. The molecule has 0 bridgehead atoms. The van der Waals surface area contributed by atoms with Crippen molar-refractivity contribution in [2.24, 2.45) is 0 Å². The van der Waals surface area contributed by atoms with Crippen LogP contribution in [0.5, 0.6) is 0 Å². The molecule has 1 saturated heterocycles. The van der Waals surface area contributed by atoms with E-state index in [4.69, 9.17) is 16.3 Å². The summed E-state index contributed by atoms with van der Waals surface area (Å²) in [4.78, 5) is 29.4. The standard InChI is InChI=1S/C27H35ClFN3O3/c1-5-15-31(18-19-9-11-20(29)12-10-19)23-14-13-21(17-22(23)28)30-25(33)24-8-6-7-16-32(24)26(34)35-27(2,3)4/h9-14,17,24H,5-8,15-16,18H2,1-4H3,(H,30,33)/t24-/m1/s1. The van der Waals surface area contributed by atoms with Crippen LogP contribution >= 0.6 is 11.6 Å². The Kier molecular flexibility index (Phi) is 9.00. The first-order valence-electron chi connectivity index (χ1n) is 12.2. The fourth-order valence-electron chi connectivity index (χ4n) is 4.17. The van der Waals surface area contributed by atoms with Crippen LogP contribution in [0, 0.1) is 5.82 Å². The molecule has 0 saturated carbocycles. The summed E-state index contributed by atoms with van der Waals surface area (Å²) in [6.07, 6.45) is 2.73. The van der Waals surface area contributed by atoms with Gasteiger partial charge in [0.1, 0.15) is 17.5 Å². The molecule has 0 spiro atoms. The van der Waals surface area contributed by atoms with Crippen LogP contribution in [0.1, 0.15) is 58.9 Å². The van der Waals surface area contributed by atoms with Crippen molar-refractivity contribution in [2.75, 3.05) is 23.3 Å². The van der Waals surface area contributed by atoms with E-state index in [0.717, 1.165) is 37.1 Å². The summed E-state index contributed by atoms with van der Waals surface area (Å²) >= 11 is 6.63. The number of likely N-dealkylation sites (tertiary alicyclic amines) is 1. The normalized spacial score (nSPS) is 16.1. The van der Waals surface area contributed by atoms with Crippen molar-refractivity contribution in [3.8, 4) is 0 Å². The first kappa shape index (κ1) is 26.8. The van der Waals surface area contributed by atoms with E-state index in [9.17, 15) is 14.0 Å². The van der Waals surface area contributed by atoms with Crippen molar-refractivity contribution in [3.63, 3.8) is 0 Å². The van der Waals surface area contributed by atoms with Gasteiger partial charge in [-0.25, -0.2) is 9.18 Å². The number of rotatable bonds is 7. The third-order valence-corrected chi connectivity index (χ3v) is 6.07. The number of hydrogen-bond donors (Lipinski definition) is 1. The quantitative estimate of drug-likeness (QED) is 0.461. The minimum absolute atomic E-state index is 0.254. The molecule has 0 unspecified atom stereocenters. The monoisotopic (exact) mass is 503 g/mol. The molecular formula is C27H35ClFN3O3. The zero-order valence-electron chi connectivity index (χ0n) is 20.9. The lowest BCUT2D eigenvalue weighted by atomic mass is 10.0. The number of carbonyl (C=O) groups is 2. The molecule has 1 atom stereocenters. The van der Waals surface area contributed by atoms with E-state index in [0.29, 0.717) is 30.2 Å². The number of benzene rings is 2. The summed E-state index contributed by atoms with van der Waals surface area (Å²) in [5.41, 5.74) is 1.75. The second-order valence-electron chi connectivity index (χ2n) is 9.89. The highest BCUT2D eigenvalue weighted by Gasteiger charge is 2.35. The van der Waals surface area contributed by atoms with Crippen LogP contribution in [0.3, 0.4) is 0 Å². The number of piperidine rings is 1. The molecule has 2 aromatic rings. The zero-order chi connectivity index (χ0) is 25.6. The molecule has 1 heterocycles. The third kappa shape index (κ3) is 7.59. The molecule has 1 aliphatic rings. The Hall–Kier alpha value is -2.80. The molecule has 2 amide bonds. The van der Waals surface area contributed by atoms with Crippen molar-refractivity contribution < 1.29 is 18.7 Å². The first-order chi connectivity index (χ1) is 16.6. The molecule has 8 heteroatoms. The predicted molar refractivity (Wildman–Crippen MR) is 138 cm³/mol. The Morgan fingerprint density at radius 1 is 1.17 bits per heavy atom. The third-order valence-electron chi connectivity index (χ3n) is 5.77. The van der Waals surface area contributed by atoms with Crippen molar-refractivity contribution in [2.45, 2.75) is 71.6 Å². The van der Waals surface area contributed by atoms with Gasteiger partial charge in [-0.05, 0) is 82.3 Å². The summed E-state index contributed by atoms with van der Waals surface area (Å²) in [7, 11) is 0. The largest absolute Gasteiger partial charge is 0.444 e. The van der Waals surface area contributed by atoms with Crippen LogP contribution in [-0.4, -0.2) is 41.6 Å². The topological polar surface area (TPSA) is 61.9 Å². The lowest BCUT2D eigenvalue weighted by molar-refractivity contribution is -0.122. The van der Waals surface area contributed by atoms with Gasteiger partial charge in [-0.3, -0.25) is 9.69 Å². The molecule has 0 aliphatic carbocycles. The fourth-order valence-corrected chi connectivity index (χ4v) is 4.47. The molecule has 3 rings (SSSR count). The van der Waals surface area contributed by atoms with E-state index in [2.05, 4.69) is 17.1 Å². The van der Waals surface area contributed by atoms with Crippen molar-refractivity contribution in [1.29, 1.82) is 0 Å². The number of nitrogens with zero attached hydrogens (tertiary/aromatic N) is 2. The van der Waals surface area contributed by atoms with Crippen molar-refractivity contribution >= 4 is 35.0 Å². The number of hydrogen-bond acceptors (Lipinski definition) is 4. The number of nitrogens with one attached hydrogen (secondary N) is 1. The second-order valence-corrected chi connectivity index (χ2v) is 10.3. The van der Waals surface area contributed by atoms with E-state index in [-0.39, 0.29) is 11.7 Å². The minimum atomic E-state index is -0.628. The Morgan fingerprint density at radius 3 is 2.51 bits per heavy atom. The highest BCUT2D eigenvalue weighted by molar-refractivity contribution is 6.33. The van der Waals surface area contributed by atoms with Gasteiger partial charge in [0, 0.05) is 25.3 Å². The maximum atomic E-state index is 13.3. The van der Waals surface area contributed by atoms with Gasteiger partial charge in [0.25, 0.3) is 0 Å². The van der Waals surface area contributed by atoms with Crippen molar-refractivity contribution in [3.05, 3.63) is 58.9 Å². The summed E-state index contributed by atoms with van der Waals surface area (Å²) < 4.78 is 18.8. The molecule has 2 aromatic carbocycles. The number of amides is 2. The lowest BCUT2D eigenvalue weighted by Crippen LogP contribution is -2.51. The van der Waals surface area contributed by atoms with Gasteiger partial charge in [0.2, 0.25) is 5.91 Å². The smallest absolute Gasteiger partial charge is 0.410 e. The van der Waals surface area contributed by atoms with Gasteiger partial charge in [-0.1, -0.05) is 30.7 Å². The molecule has 1 fully saturated rings. The molecule has 35 heavy (non-hydrogen) atoms. The predicted octanol–water partition coefficient (Wildman–Crippen LogP) is 6.62. The lowest BCUT2D eigenvalue weighted by Gasteiger charge is -2.35. The molecule has 190 valence electrons. The van der Waals surface area contributed by atoms with E-state index in [1.807, 2.05) is 32.9 Å². The van der Waals surface area contributed by atoms with Gasteiger partial charge < -0.3 is 15.0 Å². The molecule has 0 radical (unpaired) electrons. The molecule has 1 N–H and O–H groups in total. The van der Waals surface area contributed by atoms with Crippen LogP contribution in [-0.2, 0) is 16.1 Å². The molecule has 0 aromatic heterocycles. The first-order valence-corrected chi connectivity index (χ1v) is 12.5. The second kappa shape index (κ2) is 11.8. The molecular weight excluding hydrogens is 469 g/mol. The minimum Gasteiger partial charge on any atom is -0.444 e. The molecule has 1 aliphatic heterocycles. The Balaban J connectivity index is 1.72. The van der Waals surface area contributed by atoms with Crippen LogP contribution in [0.4, 0.5) is 20.6 Å². The summed E-state index contributed by atoms with van der Waals surface area (Å²) in [6.45, 7) is 9.37.